The zero-order valence-electron chi connectivity index (χ0n) is 20.5. The molecule has 0 saturated heterocycles. The predicted octanol–water partition coefficient (Wildman–Crippen LogP) is 4.57. The normalized spacial score (nSPS) is 19.7. The van der Waals surface area contributed by atoms with E-state index >= 15 is 0 Å². The van der Waals surface area contributed by atoms with E-state index in [-0.39, 0.29) is 12.1 Å². The minimum Gasteiger partial charge on any atom is -0.378 e. The summed E-state index contributed by atoms with van der Waals surface area (Å²) in [7, 11) is 0.435. The van der Waals surface area contributed by atoms with E-state index in [0.717, 1.165) is 44.3 Å². The Morgan fingerprint density at radius 1 is 0.938 bits per heavy atom. The molecule has 1 aromatic carbocycles. The minimum atomic E-state index is -3.48. The first-order chi connectivity index (χ1) is 15.4. The van der Waals surface area contributed by atoms with Gasteiger partial charge in [-0.25, -0.2) is 0 Å². The molecule has 0 aliphatic heterocycles. The third kappa shape index (κ3) is 10.3. The third-order valence-electron chi connectivity index (χ3n) is 6.52. The molecule has 0 heterocycles. The van der Waals surface area contributed by atoms with Gasteiger partial charge in [-0.05, 0) is 77.1 Å². The van der Waals surface area contributed by atoms with Gasteiger partial charge in [-0.15, -0.1) is 0 Å². The fraction of sp³-hybridized carbons (Fsp3) is 0.760. The summed E-state index contributed by atoms with van der Waals surface area (Å²) in [5.41, 5.74) is 0.963. The lowest BCUT2D eigenvalue weighted by molar-refractivity contribution is 0.0154. The molecule has 2 rings (SSSR count). The zero-order chi connectivity index (χ0) is 23.2. The maximum atomic E-state index is 12.7. The molecule has 1 fully saturated rings. The molecule has 0 spiro atoms. The van der Waals surface area contributed by atoms with Crippen LogP contribution in [0.1, 0.15) is 76.7 Å². The number of unbranched alkanes of at least 4 members (excludes halogenated alkanes) is 4. The highest BCUT2D eigenvalue weighted by Crippen LogP contribution is 2.26. The van der Waals surface area contributed by atoms with Crippen molar-refractivity contribution in [2.24, 2.45) is 0 Å². The van der Waals surface area contributed by atoms with Gasteiger partial charge in [0.05, 0.1) is 6.10 Å². The minimum absolute atomic E-state index is 0.0476. The van der Waals surface area contributed by atoms with Crippen molar-refractivity contribution in [2.45, 2.75) is 89.8 Å². The van der Waals surface area contributed by atoms with E-state index in [9.17, 15) is 8.42 Å². The van der Waals surface area contributed by atoms with Crippen LogP contribution < -0.4 is 4.72 Å². The highest BCUT2D eigenvalue weighted by atomic mass is 32.2. The van der Waals surface area contributed by atoms with Crippen LogP contribution in [0.25, 0.3) is 0 Å². The lowest BCUT2D eigenvalue weighted by Crippen LogP contribution is -2.45. The lowest BCUT2D eigenvalue weighted by atomic mass is 9.93. The van der Waals surface area contributed by atoms with Crippen molar-refractivity contribution in [3.63, 3.8) is 0 Å². The average Bonchev–Trinajstić information content (AvgIpc) is 2.81. The largest absolute Gasteiger partial charge is 0.378 e. The van der Waals surface area contributed by atoms with Gasteiger partial charge in [-0.3, -0.25) is 0 Å². The fourth-order valence-corrected chi connectivity index (χ4v) is 5.45. The van der Waals surface area contributed by atoms with E-state index < -0.39 is 10.2 Å². The van der Waals surface area contributed by atoms with Crippen molar-refractivity contribution in [3.05, 3.63) is 35.9 Å². The van der Waals surface area contributed by atoms with Crippen LogP contribution in [0.5, 0.6) is 0 Å². The molecule has 1 aliphatic carbocycles. The molecule has 184 valence electrons. The maximum absolute atomic E-state index is 12.7. The molecule has 1 aromatic rings. The summed E-state index contributed by atoms with van der Waals surface area (Å²) in [5.74, 6) is 0. The van der Waals surface area contributed by atoms with E-state index in [2.05, 4.69) is 23.6 Å². The number of nitrogens with zero attached hydrogens (tertiary/aromatic N) is 2. The molecular formula is C25H45N3O3S. The second-order valence-electron chi connectivity index (χ2n) is 9.20. The first kappa shape index (κ1) is 27.3. The van der Waals surface area contributed by atoms with Gasteiger partial charge in [0, 0.05) is 26.2 Å². The number of benzene rings is 1. The molecule has 0 atom stereocenters. The summed E-state index contributed by atoms with van der Waals surface area (Å²) in [6, 6.07) is 9.67. The van der Waals surface area contributed by atoms with E-state index in [4.69, 9.17) is 4.74 Å². The van der Waals surface area contributed by atoms with Gasteiger partial charge in [0.15, 0.2) is 0 Å². The van der Waals surface area contributed by atoms with Crippen molar-refractivity contribution < 1.29 is 13.2 Å². The summed E-state index contributed by atoms with van der Waals surface area (Å²) in [5, 5.41) is 0. The van der Waals surface area contributed by atoms with Crippen molar-refractivity contribution in [1.29, 1.82) is 0 Å². The first-order valence-corrected chi connectivity index (χ1v) is 13.9. The second-order valence-corrected chi connectivity index (χ2v) is 11.0. The summed E-state index contributed by atoms with van der Waals surface area (Å²) in [6.45, 7) is 5.77. The van der Waals surface area contributed by atoms with Crippen LogP contribution in [0.15, 0.2) is 30.3 Å². The number of nitrogens with one attached hydrogen (secondary N) is 1. The summed E-state index contributed by atoms with van der Waals surface area (Å²) in [4.78, 5) is 2.44. The Hall–Kier alpha value is -0.990. The predicted molar refractivity (Wildman–Crippen MR) is 133 cm³/mol. The Bertz CT molecular complexity index is 706. The van der Waals surface area contributed by atoms with Crippen molar-refractivity contribution >= 4 is 10.2 Å². The maximum Gasteiger partial charge on any atom is 0.279 e. The van der Waals surface area contributed by atoms with E-state index in [1.54, 1.807) is 7.05 Å². The Balaban J connectivity index is 1.56. The van der Waals surface area contributed by atoms with Crippen LogP contribution >= 0.6 is 0 Å². The molecule has 1 saturated carbocycles. The smallest absolute Gasteiger partial charge is 0.279 e. The molecule has 6 nitrogen and oxygen atoms in total. The molecule has 0 unspecified atom stereocenters. The monoisotopic (exact) mass is 467 g/mol. The van der Waals surface area contributed by atoms with E-state index in [0.29, 0.717) is 6.54 Å². The number of hydrogen-bond acceptors (Lipinski definition) is 4. The van der Waals surface area contributed by atoms with Crippen molar-refractivity contribution in [3.8, 4) is 0 Å². The lowest BCUT2D eigenvalue weighted by Gasteiger charge is -2.34. The molecule has 32 heavy (non-hydrogen) atoms. The summed E-state index contributed by atoms with van der Waals surface area (Å²) >= 11 is 0. The van der Waals surface area contributed by atoms with Gasteiger partial charge in [0.1, 0.15) is 0 Å². The molecule has 0 radical (unpaired) electrons. The van der Waals surface area contributed by atoms with Gasteiger partial charge in [0.2, 0.25) is 0 Å². The van der Waals surface area contributed by atoms with Crippen LogP contribution in [0, 0.1) is 0 Å². The SMILES string of the molecule is CCCCCN(C)CCCCCOC1CCC(N(C)S(=O)(=O)NCc2ccccc2)CC1. The Morgan fingerprint density at radius 3 is 2.25 bits per heavy atom. The number of hydrogen-bond donors (Lipinski definition) is 1. The molecule has 0 aromatic heterocycles. The highest BCUT2D eigenvalue weighted by molar-refractivity contribution is 7.87. The molecule has 0 amide bonds. The van der Waals surface area contributed by atoms with Crippen LogP contribution in [0.3, 0.4) is 0 Å². The van der Waals surface area contributed by atoms with Crippen LogP contribution in [0.4, 0.5) is 0 Å². The highest BCUT2D eigenvalue weighted by Gasteiger charge is 2.30. The fourth-order valence-electron chi connectivity index (χ4n) is 4.30. The molecular weight excluding hydrogens is 422 g/mol. The summed E-state index contributed by atoms with van der Waals surface area (Å²) < 4.78 is 35.6. The molecule has 0 bridgehead atoms. The van der Waals surface area contributed by atoms with Crippen molar-refractivity contribution in [2.75, 3.05) is 33.8 Å². The van der Waals surface area contributed by atoms with Gasteiger partial charge in [0.25, 0.3) is 10.2 Å². The van der Waals surface area contributed by atoms with Crippen LogP contribution in [-0.4, -0.2) is 63.6 Å². The Labute approximate surface area is 196 Å². The quantitative estimate of drug-likeness (QED) is 0.362. The Morgan fingerprint density at radius 2 is 1.59 bits per heavy atom. The standard InChI is InChI=1S/C25H45N3O3S/c1-4-5-10-19-27(2)20-11-7-12-21-31-25-17-15-24(16-18-25)28(3)32(29,30)26-22-23-13-8-6-9-14-23/h6,8-9,13-14,24-26H,4-5,7,10-12,15-22H2,1-3H3. The molecule has 1 N–H and O–H groups in total. The Kier molecular flexibility index (Phi) is 12.8. The summed E-state index contributed by atoms with van der Waals surface area (Å²) in [6.07, 6.45) is 11.3. The first-order valence-electron chi connectivity index (χ1n) is 12.5. The average molecular weight is 468 g/mol. The number of rotatable bonds is 16. The topological polar surface area (TPSA) is 61.9 Å². The van der Waals surface area contributed by atoms with Gasteiger partial charge >= 0.3 is 0 Å². The van der Waals surface area contributed by atoms with Gasteiger partial charge in [-0.2, -0.15) is 17.4 Å². The van der Waals surface area contributed by atoms with Gasteiger partial charge < -0.3 is 9.64 Å². The molecule has 7 heteroatoms. The molecule has 1 aliphatic rings. The second kappa shape index (κ2) is 15.0. The third-order valence-corrected chi connectivity index (χ3v) is 8.09. The van der Waals surface area contributed by atoms with E-state index in [1.165, 1.54) is 49.5 Å². The number of ether oxygens (including phenoxy) is 1. The van der Waals surface area contributed by atoms with Crippen LogP contribution in [-0.2, 0) is 21.5 Å². The van der Waals surface area contributed by atoms with Crippen molar-refractivity contribution in [1.82, 2.24) is 13.9 Å². The zero-order valence-corrected chi connectivity index (χ0v) is 21.3. The van der Waals surface area contributed by atoms with Gasteiger partial charge in [-0.1, -0.05) is 50.1 Å². The van der Waals surface area contributed by atoms with E-state index in [1.807, 2.05) is 30.3 Å². The van der Waals surface area contributed by atoms with Crippen LogP contribution in [0.2, 0.25) is 0 Å².